The molecule has 2 rings (SSSR count). The Kier molecular flexibility index (Phi) is 5.47. The molecule has 0 bridgehead atoms. The van der Waals surface area contributed by atoms with Gasteiger partial charge in [-0.2, -0.15) is 0 Å². The molecule has 1 aromatic carbocycles. The lowest BCUT2D eigenvalue weighted by Crippen LogP contribution is -2.26. The molecular weight excluding hydrogens is 308 g/mol. The van der Waals surface area contributed by atoms with Gasteiger partial charge in [0.05, 0.1) is 16.1 Å². The zero-order valence-corrected chi connectivity index (χ0v) is 12.7. The van der Waals surface area contributed by atoms with Crippen molar-refractivity contribution in [3.63, 3.8) is 0 Å². The molecule has 1 heterocycles. The molecule has 0 aliphatic rings. The summed E-state index contributed by atoms with van der Waals surface area (Å²) in [6.07, 6.45) is 0.548. The Morgan fingerprint density at radius 2 is 2.24 bits per heavy atom. The first-order valence-electron chi connectivity index (χ1n) is 6.18. The van der Waals surface area contributed by atoms with Crippen LogP contribution in [0.4, 0.5) is 0 Å². The lowest BCUT2D eigenvalue weighted by molar-refractivity contribution is 0.350. The van der Waals surface area contributed by atoms with Gasteiger partial charge in [0.1, 0.15) is 6.61 Å². The van der Waals surface area contributed by atoms with Crippen LogP contribution in [0.25, 0.3) is 0 Å². The summed E-state index contributed by atoms with van der Waals surface area (Å²) in [4.78, 5) is 4.26. The van der Waals surface area contributed by atoms with E-state index in [1.807, 2.05) is 5.38 Å². The third-order valence-corrected chi connectivity index (χ3v) is 4.71. The number of aliphatic hydroxyl groups is 1. The number of sulfonamides is 1. The molecule has 7 heteroatoms. The van der Waals surface area contributed by atoms with Crippen LogP contribution in [0.2, 0.25) is 0 Å². The van der Waals surface area contributed by atoms with Gasteiger partial charge in [-0.3, -0.25) is 0 Å². The van der Waals surface area contributed by atoms with Gasteiger partial charge in [0.15, 0.2) is 0 Å². The van der Waals surface area contributed by atoms with Crippen molar-refractivity contribution in [2.75, 3.05) is 13.2 Å². The second-order valence-electron chi connectivity index (χ2n) is 4.12. The van der Waals surface area contributed by atoms with Gasteiger partial charge in [-0.05, 0) is 18.2 Å². The predicted molar refractivity (Wildman–Crippen MR) is 81.4 cm³/mol. The van der Waals surface area contributed by atoms with Crippen molar-refractivity contribution in [2.45, 2.75) is 11.3 Å². The summed E-state index contributed by atoms with van der Waals surface area (Å²) in [6.45, 7) is 0.0292. The number of nitrogens with zero attached hydrogens (tertiary/aromatic N) is 1. The molecule has 21 heavy (non-hydrogen) atoms. The highest BCUT2D eigenvalue weighted by Crippen LogP contribution is 2.11. The minimum Gasteiger partial charge on any atom is -0.384 e. The molecule has 1 aromatic heterocycles. The third kappa shape index (κ3) is 4.65. The van der Waals surface area contributed by atoms with Crippen LogP contribution in [0.15, 0.2) is 40.1 Å². The first-order valence-corrected chi connectivity index (χ1v) is 8.61. The Bertz CT molecular complexity index is 744. The Balaban J connectivity index is 2.04. The van der Waals surface area contributed by atoms with Gasteiger partial charge < -0.3 is 5.11 Å². The van der Waals surface area contributed by atoms with Crippen molar-refractivity contribution in [1.82, 2.24) is 9.71 Å². The minimum atomic E-state index is -3.57. The van der Waals surface area contributed by atoms with Crippen LogP contribution < -0.4 is 4.72 Å². The summed E-state index contributed by atoms with van der Waals surface area (Å²) < 4.78 is 26.9. The number of rotatable bonds is 5. The molecular formula is C14H14N2O3S2. The zero-order valence-electron chi connectivity index (χ0n) is 11.1. The molecule has 0 spiro atoms. The number of hydrogen-bond donors (Lipinski definition) is 2. The van der Waals surface area contributed by atoms with Gasteiger partial charge in [-0.1, -0.05) is 17.9 Å². The van der Waals surface area contributed by atoms with E-state index in [4.69, 9.17) is 5.11 Å². The smallest absolute Gasteiger partial charge is 0.240 e. The molecule has 2 aromatic rings. The summed E-state index contributed by atoms with van der Waals surface area (Å²) >= 11 is 1.48. The van der Waals surface area contributed by atoms with E-state index in [0.29, 0.717) is 18.5 Å². The molecule has 0 atom stereocenters. The van der Waals surface area contributed by atoms with E-state index in [-0.39, 0.29) is 11.5 Å². The fourth-order valence-corrected chi connectivity index (χ4v) is 3.31. The number of nitrogens with one attached hydrogen (secondary N) is 1. The number of aromatic nitrogens is 1. The maximum atomic E-state index is 12.2. The Labute approximate surface area is 127 Å². The molecule has 0 aliphatic heterocycles. The summed E-state index contributed by atoms with van der Waals surface area (Å²) in [5.41, 5.74) is 3.13. The quantitative estimate of drug-likeness (QED) is 0.805. The Morgan fingerprint density at radius 1 is 1.38 bits per heavy atom. The van der Waals surface area contributed by atoms with Crippen molar-refractivity contribution in [3.05, 3.63) is 46.4 Å². The largest absolute Gasteiger partial charge is 0.384 e. The average molecular weight is 322 g/mol. The van der Waals surface area contributed by atoms with E-state index in [9.17, 15) is 8.42 Å². The van der Waals surface area contributed by atoms with Crippen LogP contribution >= 0.6 is 11.3 Å². The second kappa shape index (κ2) is 7.33. The number of hydrogen-bond acceptors (Lipinski definition) is 5. The lowest BCUT2D eigenvalue weighted by Gasteiger charge is -2.06. The molecule has 0 radical (unpaired) electrons. The van der Waals surface area contributed by atoms with Crippen LogP contribution in [0.5, 0.6) is 0 Å². The number of benzene rings is 1. The van der Waals surface area contributed by atoms with E-state index >= 15 is 0 Å². The molecule has 0 amide bonds. The highest BCUT2D eigenvalue weighted by Gasteiger charge is 2.13. The normalized spacial score (nSPS) is 10.9. The fraction of sp³-hybridized carbons (Fsp3) is 0.214. The first kappa shape index (κ1) is 15.7. The van der Waals surface area contributed by atoms with Gasteiger partial charge in [0.2, 0.25) is 10.0 Å². The second-order valence-corrected chi connectivity index (χ2v) is 6.60. The topological polar surface area (TPSA) is 79.3 Å². The van der Waals surface area contributed by atoms with E-state index in [2.05, 4.69) is 21.5 Å². The molecule has 0 unspecified atom stereocenters. The fourth-order valence-electron chi connectivity index (χ4n) is 1.64. The van der Waals surface area contributed by atoms with Gasteiger partial charge in [-0.25, -0.2) is 18.1 Å². The van der Waals surface area contributed by atoms with Crippen LogP contribution in [-0.2, 0) is 16.4 Å². The van der Waals surface area contributed by atoms with Gasteiger partial charge in [0.25, 0.3) is 0 Å². The van der Waals surface area contributed by atoms with Gasteiger partial charge in [-0.15, -0.1) is 11.3 Å². The Morgan fingerprint density at radius 3 is 2.95 bits per heavy atom. The monoisotopic (exact) mass is 322 g/mol. The van der Waals surface area contributed by atoms with Crippen molar-refractivity contribution in [3.8, 4) is 11.8 Å². The summed E-state index contributed by atoms with van der Waals surface area (Å²) in [7, 11) is -3.57. The molecule has 0 saturated carbocycles. The zero-order chi connectivity index (χ0) is 15.1. The maximum absolute atomic E-state index is 12.2. The maximum Gasteiger partial charge on any atom is 0.240 e. The van der Waals surface area contributed by atoms with Crippen molar-refractivity contribution < 1.29 is 13.5 Å². The van der Waals surface area contributed by atoms with Crippen molar-refractivity contribution in [1.29, 1.82) is 0 Å². The van der Waals surface area contributed by atoms with Crippen molar-refractivity contribution in [2.24, 2.45) is 0 Å². The number of aliphatic hydroxyl groups excluding tert-OH is 1. The van der Waals surface area contributed by atoms with Gasteiger partial charge in [0, 0.05) is 23.9 Å². The molecule has 110 valence electrons. The molecule has 0 aliphatic carbocycles. The van der Waals surface area contributed by atoms with Crippen LogP contribution in [0.1, 0.15) is 11.3 Å². The lowest BCUT2D eigenvalue weighted by atomic mass is 10.2. The van der Waals surface area contributed by atoms with E-state index in [0.717, 1.165) is 5.69 Å². The summed E-state index contributed by atoms with van der Waals surface area (Å²) in [5.74, 6) is 5.17. The van der Waals surface area contributed by atoms with E-state index in [1.54, 1.807) is 17.6 Å². The molecule has 2 N–H and O–H groups in total. The highest BCUT2D eigenvalue weighted by molar-refractivity contribution is 7.89. The highest BCUT2D eigenvalue weighted by atomic mass is 32.2. The van der Waals surface area contributed by atoms with Crippen LogP contribution in [0.3, 0.4) is 0 Å². The minimum absolute atomic E-state index is 0.158. The van der Waals surface area contributed by atoms with Crippen molar-refractivity contribution >= 4 is 21.4 Å². The van der Waals surface area contributed by atoms with E-state index < -0.39 is 10.0 Å². The van der Waals surface area contributed by atoms with Gasteiger partial charge >= 0.3 is 0 Å². The molecule has 0 saturated heterocycles. The molecule has 0 fully saturated rings. The SMILES string of the molecule is O=S(=O)(NCCc1cscn1)c1cccc(C#CCO)c1. The predicted octanol–water partition coefficient (Wildman–Crippen LogP) is 1.01. The Hall–Kier alpha value is -1.72. The first-order chi connectivity index (χ1) is 10.1. The third-order valence-electron chi connectivity index (χ3n) is 2.61. The molecule has 5 nitrogen and oxygen atoms in total. The standard InChI is InChI=1S/C14H14N2O3S2/c17-8-2-4-12-3-1-5-14(9-12)21(18,19)16-7-6-13-10-20-11-15-13/h1,3,5,9-11,16-17H,6-8H2. The summed E-state index contributed by atoms with van der Waals surface area (Å²) in [5, 5.41) is 10.5. The van der Waals surface area contributed by atoms with E-state index in [1.165, 1.54) is 23.5 Å². The van der Waals surface area contributed by atoms with Crippen LogP contribution in [-0.4, -0.2) is 31.7 Å². The average Bonchev–Trinajstić information content (AvgIpc) is 2.98. The number of thiazole rings is 1. The van der Waals surface area contributed by atoms with Crippen LogP contribution in [0, 0.1) is 11.8 Å². The summed E-state index contributed by atoms with van der Waals surface area (Å²) in [6, 6.07) is 6.30.